The van der Waals surface area contributed by atoms with E-state index in [1.54, 1.807) is 0 Å². The Bertz CT molecular complexity index is 620. The van der Waals surface area contributed by atoms with E-state index in [0.29, 0.717) is 6.61 Å². The molecule has 0 unspecified atom stereocenters. The smallest absolute Gasteiger partial charge is 0.218 e. The van der Waals surface area contributed by atoms with Gasteiger partial charge in [0.25, 0.3) is 0 Å². The van der Waals surface area contributed by atoms with Crippen LogP contribution in [-0.2, 0) is 20.6 Å². The van der Waals surface area contributed by atoms with Gasteiger partial charge < -0.3 is 14.5 Å². The van der Waals surface area contributed by atoms with E-state index in [9.17, 15) is 10.1 Å². The third-order valence-corrected chi connectivity index (χ3v) is 9.46. The molecule has 3 atom stereocenters. The second-order valence-corrected chi connectivity index (χ2v) is 12.9. The molecule has 26 heavy (non-hydrogen) atoms. The van der Waals surface area contributed by atoms with Crippen molar-refractivity contribution >= 4 is 14.2 Å². The average Bonchev–Trinajstić information content (AvgIpc) is 2.52. The van der Waals surface area contributed by atoms with Crippen LogP contribution in [0.3, 0.4) is 0 Å². The second kappa shape index (κ2) is 9.31. The van der Waals surface area contributed by atoms with Crippen LogP contribution in [0.15, 0.2) is 30.3 Å². The van der Waals surface area contributed by atoms with Crippen molar-refractivity contribution in [1.29, 1.82) is 5.26 Å². The average molecular weight is 377 g/mol. The van der Waals surface area contributed by atoms with Crippen molar-refractivity contribution in [3.8, 4) is 6.07 Å². The van der Waals surface area contributed by atoms with Gasteiger partial charge in [0.1, 0.15) is 12.1 Å². The topological polar surface area (TPSA) is 71.3 Å². The molecule has 0 heterocycles. The predicted octanol–water partition coefficient (Wildman–Crippen LogP) is 4.22. The number of nitriles is 1. The highest BCUT2D eigenvalue weighted by atomic mass is 28.4. The summed E-state index contributed by atoms with van der Waals surface area (Å²) in [5.74, 6) is -0.834. The summed E-state index contributed by atoms with van der Waals surface area (Å²) >= 11 is 0. The SMILES string of the molecule is CC(=O)N[C@@H](OCc1ccccc1)[C@H](C#N)[C@@H](C)O[Si](C)(C)C(C)(C)C. The minimum Gasteiger partial charge on any atom is -0.413 e. The van der Waals surface area contributed by atoms with Gasteiger partial charge in [-0.1, -0.05) is 51.1 Å². The van der Waals surface area contributed by atoms with Gasteiger partial charge in [-0.25, -0.2) is 0 Å². The number of hydrogen-bond acceptors (Lipinski definition) is 4. The zero-order chi connectivity index (χ0) is 20.0. The van der Waals surface area contributed by atoms with Crippen molar-refractivity contribution in [2.24, 2.45) is 5.92 Å². The van der Waals surface area contributed by atoms with Crippen LogP contribution in [-0.4, -0.2) is 26.6 Å². The Hall–Kier alpha value is -1.68. The Morgan fingerprint density at radius 3 is 2.31 bits per heavy atom. The van der Waals surface area contributed by atoms with Crippen molar-refractivity contribution in [1.82, 2.24) is 5.32 Å². The maximum atomic E-state index is 11.6. The Morgan fingerprint density at radius 2 is 1.85 bits per heavy atom. The van der Waals surface area contributed by atoms with Crippen LogP contribution in [0.2, 0.25) is 18.1 Å². The Balaban J connectivity index is 2.90. The summed E-state index contributed by atoms with van der Waals surface area (Å²) in [6.07, 6.45) is -1.08. The van der Waals surface area contributed by atoms with E-state index in [4.69, 9.17) is 9.16 Å². The van der Waals surface area contributed by atoms with E-state index in [0.717, 1.165) is 5.56 Å². The first kappa shape index (κ1) is 22.4. The number of hydrogen-bond donors (Lipinski definition) is 1. The molecule has 0 saturated carbocycles. The van der Waals surface area contributed by atoms with Gasteiger partial charge in [-0.3, -0.25) is 4.79 Å². The number of nitrogens with zero attached hydrogens (tertiary/aromatic N) is 1. The molecule has 6 heteroatoms. The number of rotatable bonds is 8. The normalized spacial score (nSPS) is 15.6. The Labute approximate surface area is 158 Å². The summed E-state index contributed by atoms with van der Waals surface area (Å²) < 4.78 is 12.2. The first-order chi connectivity index (χ1) is 12.0. The van der Waals surface area contributed by atoms with Crippen molar-refractivity contribution in [2.75, 3.05) is 0 Å². The lowest BCUT2D eigenvalue weighted by Gasteiger charge is -2.40. The zero-order valence-electron chi connectivity index (χ0n) is 17.0. The monoisotopic (exact) mass is 376 g/mol. The fraction of sp³-hybridized carbons (Fsp3) is 0.600. The molecule has 0 saturated heterocycles. The minimum atomic E-state index is -2.04. The molecule has 0 bridgehead atoms. The highest BCUT2D eigenvalue weighted by Gasteiger charge is 2.41. The largest absolute Gasteiger partial charge is 0.413 e. The number of nitrogens with one attached hydrogen (secondary N) is 1. The van der Waals surface area contributed by atoms with Crippen LogP contribution < -0.4 is 5.32 Å². The first-order valence-electron chi connectivity index (χ1n) is 8.98. The molecule has 5 nitrogen and oxygen atoms in total. The van der Waals surface area contributed by atoms with Crippen LogP contribution in [0.5, 0.6) is 0 Å². The van der Waals surface area contributed by atoms with Crippen LogP contribution in [0.25, 0.3) is 0 Å². The van der Waals surface area contributed by atoms with Gasteiger partial charge in [-0.15, -0.1) is 0 Å². The minimum absolute atomic E-state index is 0.0374. The van der Waals surface area contributed by atoms with E-state index in [2.05, 4.69) is 45.3 Å². The standard InChI is InChI=1S/C20H32N2O3Si/c1-15(25-26(6,7)20(3,4)5)18(13-21)19(22-16(2)23)24-14-17-11-9-8-10-12-17/h8-12,15,18-19H,14H2,1-7H3,(H,22,23)/t15-,18-,19+/m1/s1. The quantitative estimate of drug-likeness (QED) is 0.545. The van der Waals surface area contributed by atoms with Gasteiger partial charge in [0.15, 0.2) is 8.32 Å². The summed E-state index contributed by atoms with van der Waals surface area (Å²) in [6, 6.07) is 12.0. The van der Waals surface area contributed by atoms with Gasteiger partial charge in [-0.2, -0.15) is 5.26 Å². The van der Waals surface area contributed by atoms with Gasteiger partial charge in [0.2, 0.25) is 5.91 Å². The summed E-state index contributed by atoms with van der Waals surface area (Å²) in [6.45, 7) is 14.4. The summed E-state index contributed by atoms with van der Waals surface area (Å²) in [5, 5.41) is 12.5. The lowest BCUT2D eigenvalue weighted by Crippen LogP contribution is -2.50. The third-order valence-electron chi connectivity index (χ3n) is 4.89. The molecule has 1 amide bonds. The molecule has 0 fully saturated rings. The highest BCUT2D eigenvalue weighted by molar-refractivity contribution is 6.74. The van der Waals surface area contributed by atoms with Crippen molar-refractivity contribution in [3.63, 3.8) is 0 Å². The maximum absolute atomic E-state index is 11.6. The van der Waals surface area contributed by atoms with Gasteiger partial charge in [-0.05, 0) is 30.6 Å². The Kier molecular flexibility index (Phi) is 8.01. The van der Waals surface area contributed by atoms with E-state index >= 15 is 0 Å². The van der Waals surface area contributed by atoms with Crippen LogP contribution in [0.1, 0.15) is 40.2 Å². The summed E-state index contributed by atoms with van der Waals surface area (Å²) in [5.41, 5.74) is 0.984. The van der Waals surface area contributed by atoms with Crippen molar-refractivity contribution in [2.45, 2.75) is 71.7 Å². The third kappa shape index (κ3) is 6.56. The van der Waals surface area contributed by atoms with Crippen LogP contribution in [0.4, 0.5) is 0 Å². The molecule has 1 aromatic rings. The van der Waals surface area contributed by atoms with Crippen LogP contribution >= 0.6 is 0 Å². The molecule has 0 spiro atoms. The second-order valence-electron chi connectivity index (χ2n) is 8.16. The predicted molar refractivity (Wildman–Crippen MR) is 106 cm³/mol. The zero-order valence-corrected chi connectivity index (χ0v) is 18.0. The molecular weight excluding hydrogens is 344 g/mol. The Morgan fingerprint density at radius 1 is 1.27 bits per heavy atom. The fourth-order valence-electron chi connectivity index (χ4n) is 2.33. The lowest BCUT2D eigenvalue weighted by atomic mass is 10.0. The molecule has 0 aromatic heterocycles. The van der Waals surface area contributed by atoms with Gasteiger partial charge in [0, 0.05) is 6.92 Å². The van der Waals surface area contributed by atoms with Crippen molar-refractivity contribution in [3.05, 3.63) is 35.9 Å². The van der Waals surface area contributed by atoms with E-state index < -0.39 is 20.5 Å². The fourth-order valence-corrected chi connectivity index (χ4v) is 3.76. The highest BCUT2D eigenvalue weighted by Crippen LogP contribution is 2.38. The number of amides is 1. The molecule has 0 aliphatic carbocycles. The van der Waals surface area contributed by atoms with E-state index in [1.165, 1.54) is 6.92 Å². The number of carbonyl (C=O) groups is 1. The molecular formula is C20H32N2O3Si. The maximum Gasteiger partial charge on any atom is 0.218 e. The lowest BCUT2D eigenvalue weighted by molar-refractivity contribution is -0.126. The molecule has 1 N–H and O–H groups in total. The first-order valence-corrected chi connectivity index (χ1v) is 11.9. The molecule has 0 radical (unpaired) electrons. The molecule has 144 valence electrons. The number of benzene rings is 1. The van der Waals surface area contributed by atoms with E-state index in [-0.39, 0.29) is 17.0 Å². The van der Waals surface area contributed by atoms with Gasteiger partial charge in [0.05, 0.1) is 18.8 Å². The molecule has 0 aliphatic rings. The van der Waals surface area contributed by atoms with E-state index in [1.807, 2.05) is 37.3 Å². The van der Waals surface area contributed by atoms with Crippen LogP contribution in [0, 0.1) is 17.2 Å². The van der Waals surface area contributed by atoms with Crippen molar-refractivity contribution < 1.29 is 14.0 Å². The summed E-state index contributed by atoms with van der Waals surface area (Å²) in [7, 11) is -2.04. The summed E-state index contributed by atoms with van der Waals surface area (Å²) in [4.78, 5) is 11.6. The molecule has 1 aromatic carbocycles. The molecule has 1 rings (SSSR count). The number of ether oxygens (including phenoxy) is 1. The number of carbonyl (C=O) groups excluding carboxylic acids is 1. The molecule has 0 aliphatic heterocycles. The van der Waals surface area contributed by atoms with Gasteiger partial charge >= 0.3 is 0 Å².